The van der Waals surface area contributed by atoms with Gasteiger partial charge >= 0.3 is 0 Å². The highest BCUT2D eigenvalue weighted by atomic mass is 32.2. The molecule has 0 fully saturated rings. The van der Waals surface area contributed by atoms with Gasteiger partial charge in [0.15, 0.2) is 16.4 Å². The van der Waals surface area contributed by atoms with Crippen LogP contribution in [-0.2, 0) is 21.4 Å². The SMILES string of the molecule is COc1cc2c(cc1OC)N(Cc1ccccc1)S(=O)(=O)C(C(=O)Nc1ccc(Oc3ccccc3)cc1)=C2C. The molecule has 0 unspecified atom stereocenters. The molecule has 1 aliphatic heterocycles. The molecule has 0 saturated heterocycles. The van der Waals surface area contributed by atoms with E-state index in [9.17, 15) is 13.2 Å². The zero-order chi connectivity index (χ0) is 28.3. The van der Waals surface area contributed by atoms with Crippen LogP contribution in [0.4, 0.5) is 11.4 Å². The molecule has 5 rings (SSSR count). The lowest BCUT2D eigenvalue weighted by Gasteiger charge is -2.33. The van der Waals surface area contributed by atoms with Crippen LogP contribution in [0.3, 0.4) is 0 Å². The van der Waals surface area contributed by atoms with E-state index in [1.165, 1.54) is 18.5 Å². The fourth-order valence-corrected chi connectivity index (χ4v) is 6.29. The van der Waals surface area contributed by atoms with E-state index in [1.807, 2.05) is 60.7 Å². The van der Waals surface area contributed by atoms with Crippen LogP contribution in [0.25, 0.3) is 5.57 Å². The minimum atomic E-state index is -4.26. The number of benzene rings is 4. The maximum Gasteiger partial charge on any atom is 0.270 e. The van der Waals surface area contributed by atoms with Gasteiger partial charge in [-0.1, -0.05) is 48.5 Å². The van der Waals surface area contributed by atoms with Crippen molar-refractivity contribution in [1.29, 1.82) is 0 Å². The minimum Gasteiger partial charge on any atom is -0.493 e. The van der Waals surface area contributed by atoms with Gasteiger partial charge in [0.25, 0.3) is 15.9 Å². The van der Waals surface area contributed by atoms with Crippen LogP contribution in [0.2, 0.25) is 0 Å². The van der Waals surface area contributed by atoms with Crippen LogP contribution in [0.1, 0.15) is 18.1 Å². The summed E-state index contributed by atoms with van der Waals surface area (Å²) in [5.41, 5.74) is 2.45. The van der Waals surface area contributed by atoms with Gasteiger partial charge in [0, 0.05) is 17.3 Å². The Kier molecular flexibility index (Phi) is 7.48. The first-order chi connectivity index (χ1) is 19.3. The summed E-state index contributed by atoms with van der Waals surface area (Å²) in [5, 5.41) is 2.74. The molecule has 0 spiro atoms. The number of carbonyl (C=O) groups is 1. The van der Waals surface area contributed by atoms with Crippen molar-refractivity contribution in [3.8, 4) is 23.0 Å². The molecule has 4 aromatic rings. The molecule has 0 saturated carbocycles. The summed E-state index contributed by atoms with van der Waals surface area (Å²) in [6.45, 7) is 1.65. The fourth-order valence-electron chi connectivity index (χ4n) is 4.56. The smallest absolute Gasteiger partial charge is 0.270 e. The standard InChI is InChI=1S/C31H28N2O6S/c1-21-26-18-28(37-2)29(38-3)19-27(26)33(20-22-10-6-4-7-11-22)40(35,36)30(21)31(34)32-23-14-16-25(17-15-23)39-24-12-8-5-9-13-24/h4-19H,20H2,1-3H3,(H,32,34). The highest BCUT2D eigenvalue weighted by Gasteiger charge is 2.40. The van der Waals surface area contributed by atoms with Crippen molar-refractivity contribution in [2.45, 2.75) is 13.5 Å². The summed E-state index contributed by atoms with van der Waals surface area (Å²) in [6, 6.07) is 28.5. The molecule has 8 nitrogen and oxygen atoms in total. The molecular formula is C31H28N2O6S. The number of carbonyl (C=O) groups excluding carboxylic acids is 1. The van der Waals surface area contributed by atoms with Gasteiger partial charge in [0.1, 0.15) is 11.5 Å². The summed E-state index contributed by atoms with van der Waals surface area (Å²) in [7, 11) is -1.27. The Morgan fingerprint density at radius 1 is 0.800 bits per heavy atom. The van der Waals surface area contributed by atoms with Crippen LogP contribution in [-0.4, -0.2) is 28.5 Å². The Hall–Kier alpha value is -4.76. The molecule has 1 amide bonds. The molecule has 1 heterocycles. The maximum absolute atomic E-state index is 14.0. The number of nitrogens with one attached hydrogen (secondary N) is 1. The first-order valence-electron chi connectivity index (χ1n) is 12.5. The van der Waals surface area contributed by atoms with E-state index in [4.69, 9.17) is 14.2 Å². The Morgan fingerprint density at radius 3 is 2.00 bits per heavy atom. The topological polar surface area (TPSA) is 94.2 Å². The lowest BCUT2D eigenvalue weighted by atomic mass is 10.0. The number of fused-ring (bicyclic) bond motifs is 1. The highest BCUT2D eigenvalue weighted by Crippen LogP contribution is 2.45. The summed E-state index contributed by atoms with van der Waals surface area (Å²) < 4.78 is 46.1. The monoisotopic (exact) mass is 556 g/mol. The number of amides is 1. The van der Waals surface area contributed by atoms with Gasteiger partial charge in [-0.2, -0.15) is 0 Å². The van der Waals surface area contributed by atoms with Crippen molar-refractivity contribution < 1.29 is 27.4 Å². The number of ether oxygens (including phenoxy) is 3. The third kappa shape index (κ3) is 5.23. The van der Waals surface area contributed by atoms with Crippen LogP contribution >= 0.6 is 0 Å². The molecule has 0 atom stereocenters. The lowest BCUT2D eigenvalue weighted by molar-refractivity contribution is -0.112. The third-order valence-electron chi connectivity index (χ3n) is 6.53. The second-order valence-electron chi connectivity index (χ2n) is 9.07. The first-order valence-corrected chi connectivity index (χ1v) is 13.9. The third-order valence-corrected chi connectivity index (χ3v) is 8.44. The molecule has 4 aromatic carbocycles. The minimum absolute atomic E-state index is 0.0290. The van der Waals surface area contributed by atoms with E-state index >= 15 is 0 Å². The van der Waals surface area contributed by atoms with E-state index in [-0.39, 0.29) is 11.4 Å². The van der Waals surface area contributed by atoms with Crippen molar-refractivity contribution >= 4 is 32.9 Å². The van der Waals surface area contributed by atoms with Crippen molar-refractivity contribution in [2.24, 2.45) is 0 Å². The van der Waals surface area contributed by atoms with E-state index in [2.05, 4.69) is 5.32 Å². The van der Waals surface area contributed by atoms with Crippen molar-refractivity contribution in [3.05, 3.63) is 113 Å². The van der Waals surface area contributed by atoms with Gasteiger partial charge in [-0.15, -0.1) is 0 Å². The Bertz CT molecular complexity index is 1670. The zero-order valence-corrected chi connectivity index (χ0v) is 23.1. The molecule has 204 valence electrons. The normalized spacial score (nSPS) is 13.8. The van der Waals surface area contributed by atoms with Crippen molar-refractivity contribution in [2.75, 3.05) is 23.8 Å². The Balaban J connectivity index is 1.51. The summed E-state index contributed by atoms with van der Waals surface area (Å²) in [4.78, 5) is 13.3. The fraction of sp³-hybridized carbons (Fsp3) is 0.129. The number of rotatable bonds is 8. The zero-order valence-electron chi connectivity index (χ0n) is 22.2. The number of anilines is 2. The number of allylic oxidation sites excluding steroid dienone is 1. The first kappa shape index (κ1) is 26.8. The molecule has 0 aliphatic carbocycles. The van der Waals surface area contributed by atoms with Crippen molar-refractivity contribution in [1.82, 2.24) is 0 Å². The second kappa shape index (κ2) is 11.2. The molecule has 0 aromatic heterocycles. The van der Waals surface area contributed by atoms with Crippen molar-refractivity contribution in [3.63, 3.8) is 0 Å². The van der Waals surface area contributed by atoms with Crippen LogP contribution in [0.5, 0.6) is 23.0 Å². The number of methoxy groups -OCH3 is 2. The van der Waals surface area contributed by atoms with Gasteiger partial charge in [-0.3, -0.25) is 9.10 Å². The Morgan fingerprint density at radius 2 is 1.38 bits per heavy atom. The summed E-state index contributed by atoms with van der Waals surface area (Å²) in [5.74, 6) is 1.32. The molecule has 0 bridgehead atoms. The number of hydrogen-bond donors (Lipinski definition) is 1. The van der Waals surface area contributed by atoms with E-state index in [0.29, 0.717) is 45.5 Å². The van der Waals surface area contributed by atoms with Gasteiger partial charge in [-0.05, 0) is 60.5 Å². The second-order valence-corrected chi connectivity index (χ2v) is 10.9. The van der Waals surface area contributed by atoms with Gasteiger partial charge in [0.2, 0.25) is 0 Å². The highest BCUT2D eigenvalue weighted by molar-refractivity contribution is 7.97. The molecule has 9 heteroatoms. The predicted octanol–water partition coefficient (Wildman–Crippen LogP) is 6.22. The summed E-state index contributed by atoms with van der Waals surface area (Å²) in [6.07, 6.45) is 0. The average Bonchev–Trinajstić information content (AvgIpc) is 2.96. The van der Waals surface area contributed by atoms with E-state index in [0.717, 1.165) is 5.56 Å². The van der Waals surface area contributed by atoms with E-state index < -0.39 is 15.9 Å². The number of nitrogens with zero attached hydrogens (tertiary/aromatic N) is 1. The largest absolute Gasteiger partial charge is 0.493 e. The van der Waals surface area contributed by atoms with Crippen LogP contribution < -0.4 is 23.8 Å². The van der Waals surface area contributed by atoms with Crippen LogP contribution in [0, 0.1) is 0 Å². The molecule has 1 aliphatic rings. The van der Waals surface area contributed by atoms with Gasteiger partial charge in [-0.25, -0.2) is 8.42 Å². The van der Waals surface area contributed by atoms with E-state index in [1.54, 1.807) is 43.3 Å². The maximum atomic E-state index is 14.0. The molecular weight excluding hydrogens is 528 g/mol. The number of hydrogen-bond acceptors (Lipinski definition) is 6. The Labute approximate surface area is 233 Å². The number of para-hydroxylation sites is 1. The predicted molar refractivity (Wildman–Crippen MR) is 155 cm³/mol. The molecule has 40 heavy (non-hydrogen) atoms. The molecule has 0 radical (unpaired) electrons. The quantitative estimate of drug-likeness (QED) is 0.277. The average molecular weight is 557 g/mol. The van der Waals surface area contributed by atoms with Gasteiger partial charge in [0.05, 0.1) is 26.5 Å². The van der Waals surface area contributed by atoms with Gasteiger partial charge < -0.3 is 19.5 Å². The molecule has 1 N–H and O–H groups in total. The lowest BCUT2D eigenvalue weighted by Crippen LogP contribution is -2.39. The van der Waals surface area contributed by atoms with Crippen LogP contribution in [0.15, 0.2) is 102 Å². The number of sulfonamides is 1. The summed E-state index contributed by atoms with van der Waals surface area (Å²) >= 11 is 0.